The number of carbonyl (C=O) groups excluding carboxylic acids is 1. The molecule has 0 saturated heterocycles. The Morgan fingerprint density at radius 1 is 1.47 bits per heavy atom. The highest BCUT2D eigenvalue weighted by Gasteiger charge is 2.13. The molecule has 0 aromatic carbocycles. The lowest BCUT2D eigenvalue weighted by Gasteiger charge is -2.15. The Hall–Kier alpha value is -0.610. The minimum atomic E-state index is -0.295. The van der Waals surface area contributed by atoms with E-state index in [-0.39, 0.29) is 11.9 Å². The predicted octanol–water partition coefficient (Wildman–Crippen LogP) is 0.903. The van der Waals surface area contributed by atoms with Crippen molar-refractivity contribution in [3.8, 4) is 0 Å². The largest absolute Gasteiger partial charge is 0.381 e. The predicted molar refractivity (Wildman–Crippen MR) is 61.6 cm³/mol. The first kappa shape index (κ1) is 14.4. The molecule has 0 aliphatic heterocycles. The molecule has 0 aromatic heterocycles. The van der Waals surface area contributed by atoms with Crippen molar-refractivity contribution in [3.63, 3.8) is 0 Å². The van der Waals surface area contributed by atoms with E-state index < -0.39 is 0 Å². The second kappa shape index (κ2) is 8.68. The Morgan fingerprint density at radius 2 is 2.13 bits per heavy atom. The molecule has 0 aliphatic rings. The molecule has 4 nitrogen and oxygen atoms in total. The van der Waals surface area contributed by atoms with E-state index in [4.69, 9.17) is 10.5 Å². The molecule has 3 N–H and O–H groups in total. The standard InChI is InChI=1S/C11H24N2O2/c1-4-6-13-10(11(12)14)5-7-15-8-9(2)3/h9-10,13H,4-8H2,1-3H3,(H2,12,14). The molecule has 15 heavy (non-hydrogen) atoms. The molecule has 90 valence electrons. The van der Waals surface area contributed by atoms with Gasteiger partial charge in [0.25, 0.3) is 0 Å². The maximum absolute atomic E-state index is 11.0. The van der Waals surface area contributed by atoms with Gasteiger partial charge in [0.15, 0.2) is 0 Å². The third-order valence-electron chi connectivity index (χ3n) is 1.99. The van der Waals surface area contributed by atoms with Gasteiger partial charge in [0.1, 0.15) is 0 Å². The van der Waals surface area contributed by atoms with Crippen LogP contribution in [0.5, 0.6) is 0 Å². The summed E-state index contributed by atoms with van der Waals surface area (Å²) in [6.07, 6.45) is 1.65. The fraction of sp³-hybridized carbons (Fsp3) is 0.909. The highest BCUT2D eigenvalue weighted by molar-refractivity contribution is 5.79. The molecular formula is C11H24N2O2. The van der Waals surface area contributed by atoms with E-state index in [1.54, 1.807) is 0 Å². The van der Waals surface area contributed by atoms with Crippen LogP contribution in [0.15, 0.2) is 0 Å². The van der Waals surface area contributed by atoms with Gasteiger partial charge >= 0.3 is 0 Å². The van der Waals surface area contributed by atoms with Gasteiger partial charge in [-0.2, -0.15) is 0 Å². The summed E-state index contributed by atoms with van der Waals surface area (Å²) in [5.41, 5.74) is 5.26. The summed E-state index contributed by atoms with van der Waals surface area (Å²) in [5.74, 6) is 0.234. The number of amides is 1. The van der Waals surface area contributed by atoms with Crippen LogP contribution in [0.4, 0.5) is 0 Å². The van der Waals surface area contributed by atoms with Gasteiger partial charge < -0.3 is 15.8 Å². The van der Waals surface area contributed by atoms with Crippen LogP contribution in [0, 0.1) is 5.92 Å². The summed E-state index contributed by atoms with van der Waals surface area (Å²) >= 11 is 0. The van der Waals surface area contributed by atoms with Gasteiger partial charge in [-0.25, -0.2) is 0 Å². The summed E-state index contributed by atoms with van der Waals surface area (Å²) in [7, 11) is 0. The van der Waals surface area contributed by atoms with Crippen LogP contribution in [0.1, 0.15) is 33.6 Å². The van der Waals surface area contributed by atoms with Gasteiger partial charge in [-0.1, -0.05) is 20.8 Å². The van der Waals surface area contributed by atoms with Gasteiger partial charge in [-0.15, -0.1) is 0 Å². The number of carbonyl (C=O) groups is 1. The Labute approximate surface area is 92.6 Å². The van der Waals surface area contributed by atoms with E-state index in [9.17, 15) is 4.79 Å². The van der Waals surface area contributed by atoms with Crippen molar-refractivity contribution >= 4 is 5.91 Å². The molecule has 0 bridgehead atoms. The van der Waals surface area contributed by atoms with Crippen LogP contribution >= 0.6 is 0 Å². The van der Waals surface area contributed by atoms with Crippen LogP contribution in [0.25, 0.3) is 0 Å². The fourth-order valence-electron chi connectivity index (χ4n) is 1.18. The second-order valence-corrected chi connectivity index (χ2v) is 4.17. The number of hydrogen-bond acceptors (Lipinski definition) is 3. The first-order chi connectivity index (χ1) is 7.07. The number of ether oxygens (including phenoxy) is 1. The van der Waals surface area contributed by atoms with Gasteiger partial charge in [0.05, 0.1) is 6.04 Å². The molecule has 0 heterocycles. The van der Waals surface area contributed by atoms with E-state index in [0.717, 1.165) is 19.6 Å². The molecule has 0 fully saturated rings. The lowest BCUT2D eigenvalue weighted by molar-refractivity contribution is -0.120. The highest BCUT2D eigenvalue weighted by atomic mass is 16.5. The fourth-order valence-corrected chi connectivity index (χ4v) is 1.18. The van der Waals surface area contributed by atoms with Crippen molar-refractivity contribution in [1.29, 1.82) is 0 Å². The van der Waals surface area contributed by atoms with Crippen LogP contribution in [-0.2, 0) is 9.53 Å². The average Bonchev–Trinajstić information content (AvgIpc) is 2.15. The van der Waals surface area contributed by atoms with Crippen molar-refractivity contribution in [2.45, 2.75) is 39.7 Å². The Bertz CT molecular complexity index is 172. The van der Waals surface area contributed by atoms with Crippen LogP contribution in [-0.4, -0.2) is 31.7 Å². The van der Waals surface area contributed by atoms with E-state index >= 15 is 0 Å². The summed E-state index contributed by atoms with van der Waals surface area (Å²) in [6, 6.07) is -0.253. The van der Waals surface area contributed by atoms with E-state index in [0.29, 0.717) is 18.9 Å². The van der Waals surface area contributed by atoms with Crippen molar-refractivity contribution in [1.82, 2.24) is 5.32 Å². The normalized spacial score (nSPS) is 13.1. The third kappa shape index (κ3) is 8.39. The van der Waals surface area contributed by atoms with Crippen molar-refractivity contribution in [2.75, 3.05) is 19.8 Å². The monoisotopic (exact) mass is 216 g/mol. The van der Waals surface area contributed by atoms with E-state index in [2.05, 4.69) is 26.1 Å². The van der Waals surface area contributed by atoms with Crippen molar-refractivity contribution in [3.05, 3.63) is 0 Å². The zero-order valence-electron chi connectivity index (χ0n) is 10.1. The topological polar surface area (TPSA) is 64.3 Å². The molecule has 1 unspecified atom stereocenters. The minimum absolute atomic E-state index is 0.253. The number of primary amides is 1. The number of rotatable bonds is 9. The first-order valence-electron chi connectivity index (χ1n) is 5.68. The summed E-state index contributed by atoms with van der Waals surface area (Å²) < 4.78 is 5.41. The lowest BCUT2D eigenvalue weighted by Crippen LogP contribution is -2.42. The minimum Gasteiger partial charge on any atom is -0.381 e. The van der Waals surface area contributed by atoms with Gasteiger partial charge in [0, 0.05) is 13.2 Å². The number of hydrogen-bond donors (Lipinski definition) is 2. The third-order valence-corrected chi connectivity index (χ3v) is 1.99. The zero-order chi connectivity index (χ0) is 11.7. The molecule has 0 spiro atoms. The highest BCUT2D eigenvalue weighted by Crippen LogP contribution is 1.97. The molecular weight excluding hydrogens is 192 g/mol. The lowest BCUT2D eigenvalue weighted by atomic mass is 10.2. The Kier molecular flexibility index (Phi) is 8.33. The average molecular weight is 216 g/mol. The molecule has 4 heteroatoms. The summed E-state index contributed by atoms with van der Waals surface area (Å²) in [6.45, 7) is 8.39. The molecule has 0 saturated carbocycles. The van der Waals surface area contributed by atoms with Crippen molar-refractivity contribution < 1.29 is 9.53 Å². The maximum Gasteiger partial charge on any atom is 0.234 e. The van der Waals surface area contributed by atoms with Crippen molar-refractivity contribution in [2.24, 2.45) is 11.7 Å². The summed E-state index contributed by atoms with van der Waals surface area (Å²) in [5, 5.41) is 3.10. The SMILES string of the molecule is CCCNC(CCOCC(C)C)C(N)=O. The first-order valence-corrected chi connectivity index (χ1v) is 5.68. The van der Waals surface area contributed by atoms with Crippen LogP contribution in [0.3, 0.4) is 0 Å². The van der Waals surface area contributed by atoms with Gasteiger partial charge in [0.2, 0.25) is 5.91 Å². The summed E-state index contributed by atoms with van der Waals surface area (Å²) in [4.78, 5) is 11.0. The molecule has 1 atom stereocenters. The van der Waals surface area contributed by atoms with Crippen LogP contribution in [0.2, 0.25) is 0 Å². The quantitative estimate of drug-likeness (QED) is 0.563. The molecule has 0 aliphatic carbocycles. The molecule has 0 aromatic rings. The van der Waals surface area contributed by atoms with E-state index in [1.165, 1.54) is 0 Å². The Balaban J connectivity index is 3.62. The smallest absolute Gasteiger partial charge is 0.234 e. The van der Waals surface area contributed by atoms with Gasteiger partial charge in [-0.05, 0) is 25.3 Å². The second-order valence-electron chi connectivity index (χ2n) is 4.17. The molecule has 0 rings (SSSR count). The molecule has 1 amide bonds. The number of nitrogens with one attached hydrogen (secondary N) is 1. The number of nitrogens with two attached hydrogens (primary N) is 1. The maximum atomic E-state index is 11.0. The molecule has 0 radical (unpaired) electrons. The van der Waals surface area contributed by atoms with Gasteiger partial charge in [-0.3, -0.25) is 4.79 Å². The van der Waals surface area contributed by atoms with E-state index in [1.807, 2.05) is 0 Å². The van der Waals surface area contributed by atoms with Crippen LogP contribution < -0.4 is 11.1 Å². The zero-order valence-corrected chi connectivity index (χ0v) is 10.1. The Morgan fingerprint density at radius 3 is 2.60 bits per heavy atom.